The molecule has 1 aliphatic heterocycles. The van der Waals surface area contributed by atoms with E-state index in [0.717, 1.165) is 32.1 Å². The number of hydrogen-bond acceptors (Lipinski definition) is 4. The van der Waals surface area contributed by atoms with E-state index < -0.39 is 5.41 Å². The average Bonchev–Trinajstić information content (AvgIpc) is 2.87. The van der Waals surface area contributed by atoms with E-state index in [1.807, 2.05) is 0 Å². The Balaban J connectivity index is 1.90. The molecule has 2 rings (SSSR count). The number of hydrogen-bond donors (Lipinski definition) is 2. The van der Waals surface area contributed by atoms with E-state index in [4.69, 9.17) is 15.2 Å². The second-order valence-corrected chi connectivity index (χ2v) is 5.44. The van der Waals surface area contributed by atoms with Crippen molar-refractivity contribution in [3.8, 4) is 0 Å². The first-order valence-corrected chi connectivity index (χ1v) is 6.82. The van der Waals surface area contributed by atoms with Gasteiger partial charge in [-0.25, -0.2) is 0 Å². The second-order valence-electron chi connectivity index (χ2n) is 5.44. The van der Waals surface area contributed by atoms with E-state index >= 15 is 0 Å². The zero-order valence-corrected chi connectivity index (χ0v) is 11.1. The smallest absolute Gasteiger partial charge is 0.227 e. The molecule has 0 bridgehead atoms. The Morgan fingerprint density at radius 3 is 2.72 bits per heavy atom. The fourth-order valence-electron chi connectivity index (χ4n) is 2.91. The van der Waals surface area contributed by atoms with Gasteiger partial charge >= 0.3 is 0 Å². The van der Waals surface area contributed by atoms with Crippen LogP contribution in [0, 0.1) is 5.41 Å². The van der Waals surface area contributed by atoms with E-state index in [2.05, 4.69) is 5.32 Å². The number of carbonyl (C=O) groups is 1. The van der Waals surface area contributed by atoms with Crippen LogP contribution in [0.1, 0.15) is 32.1 Å². The van der Waals surface area contributed by atoms with Gasteiger partial charge in [0.15, 0.2) is 0 Å². The van der Waals surface area contributed by atoms with Crippen LogP contribution in [0.25, 0.3) is 0 Å². The second kappa shape index (κ2) is 5.99. The van der Waals surface area contributed by atoms with Crippen LogP contribution < -0.4 is 11.1 Å². The minimum absolute atomic E-state index is 0.107. The van der Waals surface area contributed by atoms with Gasteiger partial charge in [-0.1, -0.05) is 0 Å². The first kappa shape index (κ1) is 13.8. The molecule has 3 N–H and O–H groups in total. The lowest BCUT2D eigenvalue weighted by Gasteiger charge is -2.35. The summed E-state index contributed by atoms with van der Waals surface area (Å²) in [6.07, 6.45) is 4.70. The van der Waals surface area contributed by atoms with E-state index in [9.17, 15) is 4.79 Å². The number of ether oxygens (including phenoxy) is 2. The maximum Gasteiger partial charge on any atom is 0.227 e. The summed E-state index contributed by atoms with van der Waals surface area (Å²) in [6.45, 7) is 1.68. The Kier molecular flexibility index (Phi) is 4.59. The van der Waals surface area contributed by atoms with Crippen LogP contribution in [0.4, 0.5) is 0 Å². The maximum atomic E-state index is 12.4. The summed E-state index contributed by atoms with van der Waals surface area (Å²) in [4.78, 5) is 12.4. The Hall–Kier alpha value is -0.650. The van der Waals surface area contributed by atoms with E-state index in [0.29, 0.717) is 25.9 Å². The highest BCUT2D eigenvalue weighted by Gasteiger charge is 2.40. The molecule has 5 heteroatoms. The Bertz CT molecular complexity index is 290. The monoisotopic (exact) mass is 256 g/mol. The summed E-state index contributed by atoms with van der Waals surface area (Å²) >= 11 is 0. The van der Waals surface area contributed by atoms with Gasteiger partial charge in [-0.3, -0.25) is 4.79 Å². The van der Waals surface area contributed by atoms with Crippen molar-refractivity contribution in [2.75, 3.05) is 26.9 Å². The predicted octanol–water partition coefficient (Wildman–Crippen LogP) is 0.426. The van der Waals surface area contributed by atoms with E-state index in [1.165, 1.54) is 0 Å². The molecule has 18 heavy (non-hydrogen) atoms. The van der Waals surface area contributed by atoms with Gasteiger partial charge in [-0.15, -0.1) is 0 Å². The number of methoxy groups -OCH3 is 1. The summed E-state index contributed by atoms with van der Waals surface area (Å²) < 4.78 is 10.6. The molecule has 2 atom stereocenters. The number of amides is 1. The largest absolute Gasteiger partial charge is 0.381 e. The predicted molar refractivity (Wildman–Crippen MR) is 68.1 cm³/mol. The molecule has 2 aliphatic rings. The molecule has 2 unspecified atom stereocenters. The Morgan fingerprint density at radius 1 is 1.44 bits per heavy atom. The Labute approximate surface area is 108 Å². The molecular weight excluding hydrogens is 232 g/mol. The lowest BCUT2D eigenvalue weighted by Crippen LogP contribution is -2.51. The SMILES string of the molecule is COC1CCC(NC(=O)C2(CN)CCOCC2)C1. The van der Waals surface area contributed by atoms with Crippen molar-refractivity contribution in [3.63, 3.8) is 0 Å². The first-order chi connectivity index (χ1) is 8.70. The quantitative estimate of drug-likeness (QED) is 0.765. The van der Waals surface area contributed by atoms with Gasteiger partial charge in [0.05, 0.1) is 11.5 Å². The molecule has 0 radical (unpaired) electrons. The number of nitrogens with two attached hydrogens (primary N) is 1. The third-order valence-electron chi connectivity index (χ3n) is 4.38. The standard InChI is InChI=1S/C13H24N2O3/c1-17-11-3-2-10(8-11)15-12(16)13(9-14)4-6-18-7-5-13/h10-11H,2-9,14H2,1H3,(H,15,16). The third-order valence-corrected chi connectivity index (χ3v) is 4.38. The van der Waals surface area contributed by atoms with Crippen molar-refractivity contribution < 1.29 is 14.3 Å². The molecule has 1 saturated carbocycles. The normalized spacial score (nSPS) is 31.2. The van der Waals surface area contributed by atoms with Crippen LogP contribution in [-0.4, -0.2) is 44.9 Å². The van der Waals surface area contributed by atoms with Crippen molar-refractivity contribution >= 4 is 5.91 Å². The maximum absolute atomic E-state index is 12.4. The molecule has 0 aromatic carbocycles. The van der Waals surface area contributed by atoms with Crippen molar-refractivity contribution in [1.29, 1.82) is 0 Å². The lowest BCUT2D eigenvalue weighted by molar-refractivity contribution is -0.136. The fourth-order valence-corrected chi connectivity index (χ4v) is 2.91. The molecule has 104 valence electrons. The third kappa shape index (κ3) is 2.84. The number of rotatable bonds is 4. The summed E-state index contributed by atoms with van der Waals surface area (Å²) in [5, 5.41) is 3.15. The topological polar surface area (TPSA) is 73.6 Å². The van der Waals surface area contributed by atoms with Crippen molar-refractivity contribution in [2.45, 2.75) is 44.2 Å². The van der Waals surface area contributed by atoms with Crippen LogP contribution in [-0.2, 0) is 14.3 Å². The first-order valence-electron chi connectivity index (χ1n) is 6.82. The fraction of sp³-hybridized carbons (Fsp3) is 0.923. The molecule has 1 amide bonds. The van der Waals surface area contributed by atoms with Crippen LogP contribution in [0.5, 0.6) is 0 Å². The Morgan fingerprint density at radius 2 is 2.17 bits per heavy atom. The zero-order valence-electron chi connectivity index (χ0n) is 11.1. The van der Waals surface area contributed by atoms with Gasteiger partial charge in [0.2, 0.25) is 5.91 Å². The molecular formula is C13H24N2O3. The van der Waals surface area contributed by atoms with Crippen molar-refractivity contribution in [1.82, 2.24) is 5.32 Å². The van der Waals surface area contributed by atoms with Crippen LogP contribution in [0.2, 0.25) is 0 Å². The van der Waals surface area contributed by atoms with Crippen LogP contribution in [0.15, 0.2) is 0 Å². The van der Waals surface area contributed by atoms with Gasteiger partial charge in [-0.2, -0.15) is 0 Å². The summed E-state index contributed by atoms with van der Waals surface area (Å²) in [7, 11) is 1.73. The van der Waals surface area contributed by atoms with Crippen molar-refractivity contribution in [3.05, 3.63) is 0 Å². The van der Waals surface area contributed by atoms with E-state index in [1.54, 1.807) is 7.11 Å². The summed E-state index contributed by atoms with van der Waals surface area (Å²) in [5.41, 5.74) is 5.41. The minimum Gasteiger partial charge on any atom is -0.381 e. The van der Waals surface area contributed by atoms with E-state index in [-0.39, 0.29) is 11.9 Å². The molecule has 0 spiro atoms. The molecule has 1 aliphatic carbocycles. The molecule has 5 nitrogen and oxygen atoms in total. The molecule has 1 heterocycles. The van der Waals surface area contributed by atoms with Gasteiger partial charge < -0.3 is 20.5 Å². The van der Waals surface area contributed by atoms with Crippen LogP contribution >= 0.6 is 0 Å². The molecule has 0 aromatic rings. The molecule has 2 fully saturated rings. The van der Waals surface area contributed by atoms with Gasteiger partial charge in [0.1, 0.15) is 0 Å². The average molecular weight is 256 g/mol. The van der Waals surface area contributed by atoms with Crippen molar-refractivity contribution in [2.24, 2.45) is 11.1 Å². The molecule has 0 aromatic heterocycles. The van der Waals surface area contributed by atoms with Gasteiger partial charge in [-0.05, 0) is 32.1 Å². The van der Waals surface area contributed by atoms with Crippen LogP contribution in [0.3, 0.4) is 0 Å². The number of nitrogens with one attached hydrogen (secondary N) is 1. The molecule has 1 saturated heterocycles. The van der Waals surface area contributed by atoms with Gasteiger partial charge in [0, 0.05) is 32.9 Å². The highest BCUT2D eigenvalue weighted by Crippen LogP contribution is 2.31. The zero-order chi connectivity index (χ0) is 13.0. The van der Waals surface area contributed by atoms with Gasteiger partial charge in [0.25, 0.3) is 0 Å². The highest BCUT2D eigenvalue weighted by molar-refractivity contribution is 5.83. The summed E-state index contributed by atoms with van der Waals surface area (Å²) in [6, 6.07) is 0.244. The number of carbonyl (C=O) groups excluding carboxylic acids is 1. The minimum atomic E-state index is -0.413. The lowest BCUT2D eigenvalue weighted by atomic mass is 9.79. The summed E-state index contributed by atoms with van der Waals surface area (Å²) in [5.74, 6) is 0.107. The highest BCUT2D eigenvalue weighted by atomic mass is 16.5.